The minimum absolute atomic E-state index is 0.135. The van der Waals surface area contributed by atoms with Crippen LogP contribution in [-0.2, 0) is 4.79 Å². The van der Waals surface area contributed by atoms with Gasteiger partial charge in [0.2, 0.25) is 5.91 Å². The molecule has 5 rings (SSSR count). The molecule has 8 heteroatoms. The van der Waals surface area contributed by atoms with Gasteiger partial charge in [-0.25, -0.2) is 9.97 Å². The van der Waals surface area contributed by atoms with Crippen molar-refractivity contribution in [2.75, 3.05) is 18.2 Å². The van der Waals surface area contributed by atoms with Gasteiger partial charge in [0.05, 0.1) is 24.1 Å². The maximum absolute atomic E-state index is 12.7. The van der Waals surface area contributed by atoms with E-state index in [2.05, 4.69) is 16.4 Å². The van der Waals surface area contributed by atoms with Gasteiger partial charge >= 0.3 is 0 Å². The number of aromatic nitrogens is 2. The molecule has 0 aliphatic carbocycles. The summed E-state index contributed by atoms with van der Waals surface area (Å²) >= 11 is 2.80. The van der Waals surface area contributed by atoms with Crippen LogP contribution in [0.25, 0.3) is 33.6 Å². The monoisotopic (exact) mass is 548 g/mol. The third kappa shape index (κ3) is 6.34. The number of ether oxygens (including phenoxy) is 1. The first-order valence-corrected chi connectivity index (χ1v) is 14.1. The fourth-order valence-corrected chi connectivity index (χ4v) is 5.66. The average molecular weight is 549 g/mol. The number of thioether (sulfide) groups is 1. The van der Waals surface area contributed by atoms with Crippen LogP contribution in [-0.4, -0.2) is 28.7 Å². The van der Waals surface area contributed by atoms with Crippen molar-refractivity contribution in [2.24, 2.45) is 0 Å². The minimum Gasteiger partial charge on any atom is -0.497 e. The largest absolute Gasteiger partial charge is 0.497 e. The van der Waals surface area contributed by atoms with E-state index in [-0.39, 0.29) is 12.3 Å². The number of rotatable bonds is 9. The number of hydrogen-bond donors (Lipinski definition) is 1. The number of methoxy groups -OCH3 is 1. The summed E-state index contributed by atoms with van der Waals surface area (Å²) in [6.45, 7) is 0. The number of thiazole rings is 1. The molecule has 5 aromatic rings. The molecule has 192 valence electrons. The molecular formula is C31H24N4O2S2. The average Bonchev–Trinajstić information content (AvgIpc) is 3.46. The number of nitrogens with zero attached hydrogens (tertiary/aromatic N) is 3. The Morgan fingerprint density at radius 2 is 1.59 bits per heavy atom. The molecule has 3 aromatic carbocycles. The number of nitriles is 1. The Labute approximate surface area is 235 Å². The van der Waals surface area contributed by atoms with Gasteiger partial charge in [0, 0.05) is 34.2 Å². The molecule has 0 unspecified atom stereocenters. The molecule has 39 heavy (non-hydrogen) atoms. The van der Waals surface area contributed by atoms with Gasteiger partial charge in [-0.3, -0.25) is 4.79 Å². The first kappa shape index (κ1) is 26.2. The molecule has 2 aromatic heterocycles. The third-order valence-corrected chi connectivity index (χ3v) is 7.69. The summed E-state index contributed by atoms with van der Waals surface area (Å²) in [7, 11) is 1.62. The van der Waals surface area contributed by atoms with E-state index in [1.165, 1.54) is 23.1 Å². The Bertz CT molecular complexity index is 1610. The normalized spacial score (nSPS) is 10.6. The number of hydrogen-bond acceptors (Lipinski definition) is 7. The van der Waals surface area contributed by atoms with E-state index in [1.807, 2.05) is 96.4 Å². The molecule has 0 aliphatic heterocycles. The van der Waals surface area contributed by atoms with E-state index in [0.717, 1.165) is 39.4 Å². The topological polar surface area (TPSA) is 87.9 Å². The van der Waals surface area contributed by atoms with Gasteiger partial charge in [-0.2, -0.15) is 5.26 Å². The zero-order valence-corrected chi connectivity index (χ0v) is 22.8. The van der Waals surface area contributed by atoms with Crippen LogP contribution in [0.2, 0.25) is 0 Å². The Kier molecular flexibility index (Phi) is 8.32. The zero-order valence-electron chi connectivity index (χ0n) is 21.1. The molecule has 2 heterocycles. The molecule has 0 fully saturated rings. The number of carbonyl (C=O) groups excluding carboxylic acids is 1. The molecule has 6 nitrogen and oxygen atoms in total. The fourth-order valence-electron chi connectivity index (χ4n) is 3.98. The Morgan fingerprint density at radius 1 is 0.923 bits per heavy atom. The number of pyridine rings is 1. The predicted molar refractivity (Wildman–Crippen MR) is 158 cm³/mol. The van der Waals surface area contributed by atoms with Crippen LogP contribution in [0.3, 0.4) is 0 Å². The van der Waals surface area contributed by atoms with Gasteiger partial charge in [-0.1, -0.05) is 72.8 Å². The van der Waals surface area contributed by atoms with Crippen LogP contribution in [0.4, 0.5) is 5.13 Å². The van der Waals surface area contributed by atoms with E-state index in [4.69, 9.17) is 9.72 Å². The van der Waals surface area contributed by atoms with Gasteiger partial charge in [0.1, 0.15) is 16.8 Å². The van der Waals surface area contributed by atoms with Crippen molar-refractivity contribution in [3.05, 3.63) is 102 Å². The second-order valence-corrected chi connectivity index (χ2v) is 10.4. The summed E-state index contributed by atoms with van der Waals surface area (Å²) < 4.78 is 5.30. The standard InChI is InChI=1S/C31H24N4O2S2/c1-37-24-14-12-21(13-15-24)25-18-27(22-8-4-2-5-9-22)33-30(26(25)19-32)38-17-16-29(36)35-31-34-28(20-39-31)23-10-6-3-7-11-23/h2-15,18,20H,16-17H2,1H3,(H,34,35,36). The Morgan fingerprint density at radius 3 is 2.23 bits per heavy atom. The maximum atomic E-state index is 12.7. The lowest BCUT2D eigenvalue weighted by Crippen LogP contribution is -2.12. The molecule has 1 N–H and O–H groups in total. The van der Waals surface area contributed by atoms with Crippen LogP contribution in [0.5, 0.6) is 5.75 Å². The van der Waals surface area contributed by atoms with Gasteiger partial charge in [0.15, 0.2) is 5.13 Å². The molecule has 0 atom stereocenters. The third-order valence-electron chi connectivity index (χ3n) is 5.96. The number of anilines is 1. The quantitative estimate of drug-likeness (QED) is 0.191. The van der Waals surface area contributed by atoms with Gasteiger partial charge in [0.25, 0.3) is 0 Å². The number of amides is 1. The first-order chi connectivity index (χ1) is 19.1. The highest BCUT2D eigenvalue weighted by molar-refractivity contribution is 7.99. The smallest absolute Gasteiger partial charge is 0.226 e. The Hall–Kier alpha value is -4.45. The summed E-state index contributed by atoms with van der Waals surface area (Å²) in [6, 6.07) is 31.6. The predicted octanol–water partition coefficient (Wildman–Crippen LogP) is 7.54. The molecule has 0 bridgehead atoms. The van der Waals surface area contributed by atoms with E-state index in [1.54, 1.807) is 7.11 Å². The lowest BCUT2D eigenvalue weighted by atomic mass is 9.99. The SMILES string of the molecule is COc1ccc(-c2cc(-c3ccccc3)nc(SCCC(=O)Nc3nc(-c4ccccc4)cs3)c2C#N)cc1. The van der Waals surface area contributed by atoms with Crippen molar-refractivity contribution in [2.45, 2.75) is 11.4 Å². The highest BCUT2D eigenvalue weighted by Crippen LogP contribution is 2.35. The molecular weight excluding hydrogens is 525 g/mol. The molecule has 1 amide bonds. The lowest BCUT2D eigenvalue weighted by Gasteiger charge is -2.13. The summed E-state index contributed by atoms with van der Waals surface area (Å²) in [5, 5.41) is 16.1. The summed E-state index contributed by atoms with van der Waals surface area (Å²) in [5.41, 5.74) is 5.72. The highest BCUT2D eigenvalue weighted by atomic mass is 32.2. The van der Waals surface area contributed by atoms with Gasteiger partial charge in [-0.05, 0) is 23.8 Å². The molecule has 0 saturated heterocycles. The molecule has 0 spiro atoms. The summed E-state index contributed by atoms with van der Waals surface area (Å²) in [4.78, 5) is 22.0. The number of carbonyl (C=O) groups is 1. The summed E-state index contributed by atoms with van der Waals surface area (Å²) in [5.74, 6) is 1.07. The lowest BCUT2D eigenvalue weighted by molar-refractivity contribution is -0.115. The van der Waals surface area contributed by atoms with Crippen LogP contribution < -0.4 is 10.1 Å². The highest BCUT2D eigenvalue weighted by Gasteiger charge is 2.17. The van der Waals surface area contributed by atoms with Gasteiger partial charge in [-0.15, -0.1) is 23.1 Å². The second kappa shape index (κ2) is 12.4. The molecule has 0 aliphatic rings. The fraction of sp³-hybridized carbons (Fsp3) is 0.0968. The van der Waals surface area contributed by atoms with Gasteiger partial charge < -0.3 is 10.1 Å². The second-order valence-electron chi connectivity index (χ2n) is 8.49. The van der Waals surface area contributed by atoms with Crippen molar-refractivity contribution >= 4 is 34.1 Å². The maximum Gasteiger partial charge on any atom is 0.226 e. The summed E-state index contributed by atoms with van der Waals surface area (Å²) in [6.07, 6.45) is 0.255. The zero-order chi connectivity index (χ0) is 27.0. The Balaban J connectivity index is 1.34. The van der Waals surface area contributed by atoms with E-state index >= 15 is 0 Å². The molecule has 0 radical (unpaired) electrons. The van der Waals surface area contributed by atoms with Crippen molar-refractivity contribution in [1.29, 1.82) is 5.26 Å². The van der Waals surface area contributed by atoms with Crippen LogP contribution in [0.1, 0.15) is 12.0 Å². The first-order valence-electron chi connectivity index (χ1n) is 12.2. The van der Waals surface area contributed by atoms with E-state index in [9.17, 15) is 10.1 Å². The van der Waals surface area contributed by atoms with Crippen LogP contribution >= 0.6 is 23.1 Å². The van der Waals surface area contributed by atoms with Crippen molar-refractivity contribution in [1.82, 2.24) is 9.97 Å². The van der Waals surface area contributed by atoms with Crippen molar-refractivity contribution < 1.29 is 9.53 Å². The van der Waals surface area contributed by atoms with Crippen LogP contribution in [0.15, 0.2) is 101 Å². The number of nitrogens with one attached hydrogen (secondary N) is 1. The van der Waals surface area contributed by atoms with E-state index in [0.29, 0.717) is 21.5 Å². The van der Waals surface area contributed by atoms with Crippen LogP contribution in [0, 0.1) is 11.3 Å². The molecule has 0 saturated carbocycles. The number of benzene rings is 3. The minimum atomic E-state index is -0.135. The van der Waals surface area contributed by atoms with Crippen molar-refractivity contribution in [3.63, 3.8) is 0 Å². The van der Waals surface area contributed by atoms with E-state index < -0.39 is 0 Å². The van der Waals surface area contributed by atoms with Crippen molar-refractivity contribution in [3.8, 4) is 45.5 Å².